The number of carbonyl (C=O) groups excluding carboxylic acids is 1. The second-order valence-corrected chi connectivity index (χ2v) is 5.36. The average molecular weight is 313 g/mol. The Kier molecular flexibility index (Phi) is 4.36. The lowest BCUT2D eigenvalue weighted by Crippen LogP contribution is -2.34. The zero-order chi connectivity index (χ0) is 16.2. The third-order valence-electron chi connectivity index (χ3n) is 3.71. The van der Waals surface area contributed by atoms with Gasteiger partial charge in [0.1, 0.15) is 0 Å². The number of nitrogens with one attached hydrogen (secondary N) is 1. The molecule has 1 aliphatic heterocycles. The molecular formula is C16H19N5O2. The molecule has 7 heteroatoms. The number of aromatic nitrogens is 3. The highest BCUT2D eigenvalue weighted by Gasteiger charge is 2.30. The van der Waals surface area contributed by atoms with Crippen LogP contribution < -0.4 is 5.32 Å². The second-order valence-electron chi connectivity index (χ2n) is 5.36. The summed E-state index contributed by atoms with van der Waals surface area (Å²) in [6.07, 6.45) is 3.48. The average Bonchev–Trinajstić information content (AvgIpc) is 3.20. The highest BCUT2D eigenvalue weighted by Crippen LogP contribution is 2.19. The number of rotatable bonds is 5. The number of hydrogen-bond donors (Lipinski definition) is 1. The Morgan fingerprint density at radius 2 is 2.35 bits per heavy atom. The molecule has 0 saturated carbocycles. The van der Waals surface area contributed by atoms with Crippen LogP contribution in [-0.2, 0) is 22.7 Å². The third-order valence-corrected chi connectivity index (χ3v) is 3.71. The van der Waals surface area contributed by atoms with Gasteiger partial charge in [-0.1, -0.05) is 11.2 Å². The number of oxime groups is 1. The minimum Gasteiger partial charge on any atom is -0.382 e. The number of hydrogen-bond acceptors (Lipinski definition) is 5. The molecule has 0 bridgehead atoms. The largest absolute Gasteiger partial charge is 0.382 e. The Balaban J connectivity index is 1.58. The van der Waals surface area contributed by atoms with Crippen molar-refractivity contribution in [2.45, 2.75) is 39.5 Å². The van der Waals surface area contributed by atoms with Crippen molar-refractivity contribution >= 4 is 11.6 Å². The van der Waals surface area contributed by atoms with Crippen molar-refractivity contribution in [2.75, 3.05) is 0 Å². The summed E-state index contributed by atoms with van der Waals surface area (Å²) in [4.78, 5) is 21.6. The molecule has 0 aromatic carbocycles. The number of amides is 1. The Morgan fingerprint density at radius 1 is 1.48 bits per heavy atom. The molecule has 2 aromatic heterocycles. The van der Waals surface area contributed by atoms with E-state index in [1.54, 1.807) is 6.20 Å². The summed E-state index contributed by atoms with van der Waals surface area (Å²) < 4.78 is 1.85. The Morgan fingerprint density at radius 3 is 3.04 bits per heavy atom. The van der Waals surface area contributed by atoms with Crippen molar-refractivity contribution in [2.24, 2.45) is 5.16 Å². The van der Waals surface area contributed by atoms with Gasteiger partial charge in [0.25, 0.3) is 5.91 Å². The molecular weight excluding hydrogens is 294 g/mol. The molecule has 0 fully saturated rings. The molecule has 1 N–H and O–H groups in total. The molecule has 7 nitrogen and oxygen atoms in total. The van der Waals surface area contributed by atoms with Crippen LogP contribution in [-0.4, -0.2) is 32.5 Å². The van der Waals surface area contributed by atoms with Crippen LogP contribution in [0.15, 0.2) is 35.7 Å². The fraction of sp³-hybridized carbons (Fsp3) is 0.375. The van der Waals surface area contributed by atoms with Crippen LogP contribution >= 0.6 is 0 Å². The van der Waals surface area contributed by atoms with Crippen molar-refractivity contribution in [3.05, 3.63) is 47.5 Å². The van der Waals surface area contributed by atoms with Gasteiger partial charge in [-0.15, -0.1) is 0 Å². The van der Waals surface area contributed by atoms with Crippen molar-refractivity contribution in [1.82, 2.24) is 20.1 Å². The molecule has 3 rings (SSSR count). The third kappa shape index (κ3) is 3.39. The summed E-state index contributed by atoms with van der Waals surface area (Å²) >= 11 is 0. The van der Waals surface area contributed by atoms with E-state index in [0.29, 0.717) is 13.0 Å². The summed E-state index contributed by atoms with van der Waals surface area (Å²) in [6, 6.07) is 5.58. The summed E-state index contributed by atoms with van der Waals surface area (Å²) in [5, 5.41) is 11.3. The number of nitrogens with zero attached hydrogens (tertiary/aromatic N) is 4. The first kappa shape index (κ1) is 15.2. The van der Waals surface area contributed by atoms with Gasteiger partial charge in [-0.25, -0.2) is 0 Å². The molecule has 1 amide bonds. The molecule has 23 heavy (non-hydrogen) atoms. The van der Waals surface area contributed by atoms with E-state index in [1.165, 1.54) is 0 Å². The van der Waals surface area contributed by atoms with Crippen molar-refractivity contribution in [1.29, 1.82) is 0 Å². The van der Waals surface area contributed by atoms with Crippen molar-refractivity contribution < 1.29 is 9.63 Å². The van der Waals surface area contributed by atoms with Gasteiger partial charge in [-0.2, -0.15) is 5.10 Å². The monoisotopic (exact) mass is 313 g/mol. The molecule has 3 heterocycles. The van der Waals surface area contributed by atoms with E-state index in [4.69, 9.17) is 4.84 Å². The van der Waals surface area contributed by atoms with Gasteiger partial charge in [0.15, 0.2) is 0 Å². The molecule has 120 valence electrons. The van der Waals surface area contributed by atoms with Crippen LogP contribution in [0.5, 0.6) is 0 Å². The van der Waals surface area contributed by atoms with Crippen LogP contribution in [0, 0.1) is 6.92 Å². The van der Waals surface area contributed by atoms with Gasteiger partial charge in [-0.05, 0) is 26.0 Å². The standard InChI is InChI=1S/C16H19N5O2/c1-3-21-10-13(11(2)19-21)14-8-15(23-20-14)16(22)18-9-12-6-4-5-7-17-12/h4-7,10,15H,3,8-9H2,1-2H3,(H,18,22). The number of carbonyl (C=O) groups is 1. The highest BCUT2D eigenvalue weighted by molar-refractivity contribution is 6.04. The molecule has 0 saturated heterocycles. The SMILES string of the molecule is CCn1cc(C2=NOC(C(=O)NCc3ccccn3)C2)c(C)n1. The van der Waals surface area contributed by atoms with Crippen LogP contribution in [0.1, 0.15) is 30.3 Å². The molecule has 1 atom stereocenters. The van der Waals surface area contributed by atoms with E-state index in [9.17, 15) is 4.79 Å². The summed E-state index contributed by atoms with van der Waals surface area (Å²) in [7, 11) is 0. The first-order valence-electron chi connectivity index (χ1n) is 7.62. The maximum Gasteiger partial charge on any atom is 0.264 e. The number of aryl methyl sites for hydroxylation is 2. The van der Waals surface area contributed by atoms with Crippen LogP contribution in [0.3, 0.4) is 0 Å². The smallest absolute Gasteiger partial charge is 0.264 e. The van der Waals surface area contributed by atoms with E-state index in [0.717, 1.165) is 29.2 Å². The predicted octanol–water partition coefficient (Wildman–Crippen LogP) is 1.42. The molecule has 1 unspecified atom stereocenters. The van der Waals surface area contributed by atoms with E-state index < -0.39 is 6.10 Å². The fourth-order valence-corrected chi connectivity index (χ4v) is 2.43. The lowest BCUT2D eigenvalue weighted by molar-refractivity contribution is -0.131. The topological polar surface area (TPSA) is 81.4 Å². The number of pyridine rings is 1. The van der Waals surface area contributed by atoms with Gasteiger partial charge < -0.3 is 10.2 Å². The van der Waals surface area contributed by atoms with Crippen LogP contribution in [0.25, 0.3) is 0 Å². The first-order chi connectivity index (χ1) is 11.2. The molecule has 2 aromatic rings. The zero-order valence-corrected chi connectivity index (χ0v) is 13.2. The summed E-state index contributed by atoms with van der Waals surface area (Å²) in [5.41, 5.74) is 3.40. The van der Waals surface area contributed by atoms with Gasteiger partial charge >= 0.3 is 0 Å². The second kappa shape index (κ2) is 6.60. The normalized spacial score (nSPS) is 16.8. The maximum atomic E-state index is 12.2. The molecule has 0 aliphatic carbocycles. The van der Waals surface area contributed by atoms with Gasteiger partial charge in [0.2, 0.25) is 6.10 Å². The lowest BCUT2D eigenvalue weighted by Gasteiger charge is -2.08. The lowest BCUT2D eigenvalue weighted by atomic mass is 10.1. The quantitative estimate of drug-likeness (QED) is 0.905. The molecule has 1 aliphatic rings. The zero-order valence-electron chi connectivity index (χ0n) is 13.2. The van der Waals surface area contributed by atoms with E-state index in [2.05, 4.69) is 20.6 Å². The van der Waals surface area contributed by atoms with Gasteiger partial charge in [0, 0.05) is 30.9 Å². The Labute approximate surface area is 134 Å². The van der Waals surface area contributed by atoms with Gasteiger partial charge in [-0.3, -0.25) is 14.5 Å². The van der Waals surface area contributed by atoms with E-state index >= 15 is 0 Å². The Bertz CT molecular complexity index is 723. The minimum absolute atomic E-state index is 0.185. The summed E-state index contributed by atoms with van der Waals surface area (Å²) in [5.74, 6) is -0.185. The van der Waals surface area contributed by atoms with Crippen LogP contribution in [0.2, 0.25) is 0 Å². The highest BCUT2D eigenvalue weighted by atomic mass is 16.6. The summed E-state index contributed by atoms with van der Waals surface area (Å²) in [6.45, 7) is 5.13. The fourth-order valence-electron chi connectivity index (χ4n) is 2.43. The van der Waals surface area contributed by atoms with Crippen molar-refractivity contribution in [3.63, 3.8) is 0 Å². The predicted molar refractivity (Wildman–Crippen MR) is 84.7 cm³/mol. The maximum absolute atomic E-state index is 12.2. The van der Waals surface area contributed by atoms with E-state index in [1.807, 2.05) is 42.9 Å². The molecule has 0 radical (unpaired) electrons. The minimum atomic E-state index is -0.599. The van der Waals surface area contributed by atoms with E-state index in [-0.39, 0.29) is 5.91 Å². The first-order valence-corrected chi connectivity index (χ1v) is 7.62. The Hall–Kier alpha value is -2.70. The van der Waals surface area contributed by atoms with Crippen LogP contribution in [0.4, 0.5) is 0 Å². The van der Waals surface area contributed by atoms with Crippen molar-refractivity contribution in [3.8, 4) is 0 Å². The van der Waals surface area contributed by atoms with Gasteiger partial charge in [0.05, 0.1) is 23.6 Å². The molecule has 0 spiro atoms.